The Hall–Kier alpha value is -1.97. The fraction of sp³-hybridized carbons (Fsp3) is 0.154. The molecule has 1 aliphatic rings. The lowest BCUT2D eigenvalue weighted by Gasteiger charge is -2.21. The van der Waals surface area contributed by atoms with Gasteiger partial charge in [-0.3, -0.25) is 0 Å². The van der Waals surface area contributed by atoms with Gasteiger partial charge in [-0.1, -0.05) is 36.4 Å². The average molecular weight is 236 g/mol. The van der Waals surface area contributed by atoms with Crippen molar-refractivity contribution < 1.29 is 18.7 Å². The Labute approximate surface area is 96.9 Å². The molecule has 4 heteroatoms. The molecule has 2 unspecified atom stereocenters. The van der Waals surface area contributed by atoms with E-state index in [2.05, 4.69) is 0 Å². The summed E-state index contributed by atoms with van der Waals surface area (Å²) in [7, 11) is 0. The fourth-order valence-corrected chi connectivity index (χ4v) is 1.73. The highest BCUT2D eigenvalue weighted by Gasteiger charge is 2.38. The van der Waals surface area contributed by atoms with E-state index in [1.54, 1.807) is 30.3 Å². The lowest BCUT2D eigenvalue weighted by Crippen LogP contribution is -2.31. The number of benzene rings is 1. The van der Waals surface area contributed by atoms with Crippen LogP contribution >= 0.6 is 0 Å². The second-order valence-corrected chi connectivity index (χ2v) is 3.85. The van der Waals surface area contributed by atoms with Crippen LogP contribution in [-0.2, 0) is 4.79 Å². The van der Waals surface area contributed by atoms with Gasteiger partial charge >= 0.3 is 5.97 Å². The first kappa shape index (κ1) is 11.5. The van der Waals surface area contributed by atoms with E-state index in [-0.39, 0.29) is 0 Å². The van der Waals surface area contributed by atoms with Crippen LogP contribution in [0, 0.1) is 0 Å². The van der Waals surface area contributed by atoms with Crippen LogP contribution in [-0.4, -0.2) is 16.7 Å². The number of carboxylic acids is 1. The molecular formula is C13H10F2O2. The summed E-state index contributed by atoms with van der Waals surface area (Å²) in [5.74, 6) is -3.21. The van der Waals surface area contributed by atoms with Gasteiger partial charge in [0.2, 0.25) is 5.67 Å². The molecule has 0 saturated heterocycles. The van der Waals surface area contributed by atoms with Gasteiger partial charge in [-0.05, 0) is 11.6 Å². The first-order valence-electron chi connectivity index (χ1n) is 5.08. The van der Waals surface area contributed by atoms with Gasteiger partial charge in [-0.2, -0.15) is 0 Å². The summed E-state index contributed by atoms with van der Waals surface area (Å²) in [4.78, 5) is 10.6. The number of aliphatic carboxylic acids is 1. The molecule has 1 aliphatic carbocycles. The van der Waals surface area contributed by atoms with Gasteiger partial charge in [0.05, 0.1) is 5.92 Å². The van der Waals surface area contributed by atoms with Gasteiger partial charge in [0.1, 0.15) is 5.83 Å². The van der Waals surface area contributed by atoms with Crippen molar-refractivity contribution in [2.75, 3.05) is 0 Å². The highest BCUT2D eigenvalue weighted by atomic mass is 19.1. The van der Waals surface area contributed by atoms with Crippen LogP contribution in [0.15, 0.2) is 54.4 Å². The van der Waals surface area contributed by atoms with E-state index in [0.717, 1.165) is 6.08 Å². The molecule has 0 radical (unpaired) electrons. The smallest absolute Gasteiger partial charge is 0.349 e. The highest BCUT2D eigenvalue weighted by molar-refractivity contribution is 5.83. The summed E-state index contributed by atoms with van der Waals surface area (Å²) in [6.07, 6.45) is 2.61. The predicted octanol–water partition coefficient (Wildman–Crippen LogP) is 2.99. The van der Waals surface area contributed by atoms with Gasteiger partial charge < -0.3 is 5.11 Å². The topological polar surface area (TPSA) is 37.3 Å². The maximum atomic E-state index is 13.7. The third-order valence-electron chi connectivity index (χ3n) is 2.66. The van der Waals surface area contributed by atoms with E-state index in [9.17, 15) is 13.6 Å². The van der Waals surface area contributed by atoms with Crippen molar-refractivity contribution in [1.82, 2.24) is 0 Å². The Bertz CT molecular complexity index is 493. The van der Waals surface area contributed by atoms with E-state index in [1.807, 2.05) is 0 Å². The quantitative estimate of drug-likeness (QED) is 0.801. The van der Waals surface area contributed by atoms with E-state index >= 15 is 0 Å². The van der Waals surface area contributed by atoms with Crippen LogP contribution < -0.4 is 0 Å². The third-order valence-corrected chi connectivity index (χ3v) is 2.66. The van der Waals surface area contributed by atoms with E-state index in [1.165, 1.54) is 6.08 Å². The molecule has 0 heterocycles. The number of rotatable bonds is 2. The fourth-order valence-electron chi connectivity index (χ4n) is 1.73. The van der Waals surface area contributed by atoms with Crippen LogP contribution in [0.3, 0.4) is 0 Å². The molecule has 1 N–H and O–H groups in total. The molecule has 2 atom stereocenters. The molecule has 1 aromatic carbocycles. The third kappa shape index (κ3) is 2.11. The van der Waals surface area contributed by atoms with Crippen molar-refractivity contribution in [1.29, 1.82) is 0 Å². The first-order valence-corrected chi connectivity index (χ1v) is 5.08. The van der Waals surface area contributed by atoms with Crippen LogP contribution in [0.5, 0.6) is 0 Å². The number of halogens is 2. The minimum Gasteiger partial charge on any atom is -0.478 e. The molecule has 0 aliphatic heterocycles. The van der Waals surface area contributed by atoms with E-state index in [0.29, 0.717) is 11.6 Å². The number of allylic oxidation sites excluding steroid dienone is 2. The molecule has 0 amide bonds. The Balaban J connectivity index is 2.33. The number of carbonyl (C=O) groups is 1. The van der Waals surface area contributed by atoms with Gasteiger partial charge in [-0.15, -0.1) is 0 Å². The van der Waals surface area contributed by atoms with Gasteiger partial charge in [0.15, 0.2) is 0 Å². The van der Waals surface area contributed by atoms with Crippen molar-refractivity contribution in [3.63, 3.8) is 0 Å². The van der Waals surface area contributed by atoms with E-state index < -0.39 is 23.4 Å². The molecule has 1 aromatic rings. The van der Waals surface area contributed by atoms with Crippen LogP contribution in [0.1, 0.15) is 11.5 Å². The van der Waals surface area contributed by atoms with Gasteiger partial charge in [0.25, 0.3) is 0 Å². The minimum absolute atomic E-state index is 0.507. The molecule has 88 valence electrons. The van der Waals surface area contributed by atoms with Crippen molar-refractivity contribution in [3.05, 3.63) is 60.0 Å². The SMILES string of the molecule is O=C(O)C1(F)C=CC(c2ccccc2)C(F)=C1. The average Bonchev–Trinajstić information content (AvgIpc) is 2.30. The number of hydrogen-bond donors (Lipinski definition) is 1. The maximum absolute atomic E-state index is 13.7. The van der Waals surface area contributed by atoms with Crippen LogP contribution in [0.25, 0.3) is 0 Å². The van der Waals surface area contributed by atoms with E-state index in [4.69, 9.17) is 5.11 Å². The number of carboxylic acid groups (broad SMARTS) is 1. The van der Waals surface area contributed by atoms with Crippen LogP contribution in [0.2, 0.25) is 0 Å². The lowest BCUT2D eigenvalue weighted by atomic mass is 9.88. The summed E-state index contributed by atoms with van der Waals surface area (Å²) in [6, 6.07) is 8.67. The Morgan fingerprint density at radius 3 is 2.47 bits per heavy atom. The first-order chi connectivity index (χ1) is 8.03. The molecule has 0 fully saturated rings. The predicted molar refractivity (Wildman–Crippen MR) is 59.0 cm³/mol. The highest BCUT2D eigenvalue weighted by Crippen LogP contribution is 2.35. The molecule has 2 nitrogen and oxygen atoms in total. The Morgan fingerprint density at radius 2 is 1.94 bits per heavy atom. The number of alkyl halides is 1. The summed E-state index contributed by atoms with van der Waals surface area (Å²) < 4.78 is 27.3. The van der Waals surface area contributed by atoms with Crippen molar-refractivity contribution in [3.8, 4) is 0 Å². The molecule has 2 rings (SSSR count). The standard InChI is InChI=1S/C13H10F2O2/c14-11-8-13(15,12(16)17)7-6-10(11)9-4-2-1-3-5-9/h1-8,10H,(H,16,17). The molecule has 0 aromatic heterocycles. The van der Waals surface area contributed by atoms with Gasteiger partial charge in [-0.25, -0.2) is 13.6 Å². The van der Waals surface area contributed by atoms with Gasteiger partial charge in [0, 0.05) is 6.08 Å². The molecule has 0 saturated carbocycles. The van der Waals surface area contributed by atoms with Crippen LogP contribution in [0.4, 0.5) is 8.78 Å². The Kier molecular flexibility index (Phi) is 2.79. The lowest BCUT2D eigenvalue weighted by molar-refractivity contribution is -0.144. The largest absolute Gasteiger partial charge is 0.478 e. The molecule has 17 heavy (non-hydrogen) atoms. The summed E-state index contributed by atoms with van der Waals surface area (Å²) in [5, 5.41) is 8.63. The summed E-state index contributed by atoms with van der Waals surface area (Å²) in [6.45, 7) is 0. The van der Waals surface area contributed by atoms with Crippen molar-refractivity contribution in [2.24, 2.45) is 0 Å². The van der Waals surface area contributed by atoms with Crippen molar-refractivity contribution in [2.45, 2.75) is 11.6 Å². The maximum Gasteiger partial charge on any atom is 0.349 e. The van der Waals surface area contributed by atoms with Crippen molar-refractivity contribution >= 4 is 5.97 Å². The summed E-state index contributed by atoms with van der Waals surface area (Å²) in [5.41, 5.74) is -2.08. The zero-order valence-electron chi connectivity index (χ0n) is 8.81. The zero-order chi connectivity index (χ0) is 12.5. The molecular weight excluding hydrogens is 226 g/mol. The second-order valence-electron chi connectivity index (χ2n) is 3.85. The molecule has 0 spiro atoms. The minimum atomic E-state index is -2.74. The normalized spacial score (nSPS) is 27.6. The second kappa shape index (κ2) is 4.13. The number of hydrogen-bond acceptors (Lipinski definition) is 1. The monoisotopic (exact) mass is 236 g/mol. The summed E-state index contributed by atoms with van der Waals surface area (Å²) >= 11 is 0. The molecule has 0 bridgehead atoms. The zero-order valence-corrected chi connectivity index (χ0v) is 8.81. The Morgan fingerprint density at radius 1 is 1.29 bits per heavy atom.